The second kappa shape index (κ2) is 3.99. The van der Waals surface area contributed by atoms with E-state index in [4.69, 9.17) is 0 Å². The van der Waals surface area contributed by atoms with Crippen molar-refractivity contribution in [3.8, 4) is 0 Å². The summed E-state index contributed by atoms with van der Waals surface area (Å²) in [6, 6.07) is 11.9. The van der Waals surface area contributed by atoms with Crippen LogP contribution in [0.4, 0.5) is 11.4 Å². The van der Waals surface area contributed by atoms with Gasteiger partial charge in [-0.2, -0.15) is 0 Å². The topological polar surface area (TPSA) is 75.8 Å². The molecule has 0 unspecified atom stereocenters. The Bertz CT molecular complexity index is 842. The van der Waals surface area contributed by atoms with Crippen molar-refractivity contribution >= 4 is 23.1 Å². The summed E-state index contributed by atoms with van der Waals surface area (Å²) in [5.41, 5.74) is 2.72. The molecule has 0 atom stereocenters. The van der Waals surface area contributed by atoms with Crippen molar-refractivity contribution in [2.75, 3.05) is 0 Å². The van der Waals surface area contributed by atoms with Gasteiger partial charge in [-0.15, -0.1) is 0 Å². The molecule has 102 valence electrons. The molecule has 0 N–H and O–H groups in total. The normalized spacial score (nSPS) is 15.1. The number of benzene rings is 2. The Balaban J connectivity index is 1.90. The molecule has 6 heteroatoms. The highest BCUT2D eigenvalue weighted by Crippen LogP contribution is 2.35. The van der Waals surface area contributed by atoms with Crippen molar-refractivity contribution in [2.24, 2.45) is 4.99 Å². The van der Waals surface area contributed by atoms with Crippen LogP contribution in [0.15, 0.2) is 47.5 Å². The van der Waals surface area contributed by atoms with E-state index in [1.807, 2.05) is 24.3 Å². The monoisotopic (exact) mass is 279 g/mol. The Hall–Kier alpha value is -3.02. The molecule has 0 radical (unpaired) electrons. The number of amides is 1. The first-order chi connectivity index (χ1) is 10.1. The molecule has 2 aromatic carbocycles. The van der Waals surface area contributed by atoms with Crippen molar-refractivity contribution in [3.63, 3.8) is 0 Å². The van der Waals surface area contributed by atoms with Crippen LogP contribution in [0.2, 0.25) is 0 Å². The summed E-state index contributed by atoms with van der Waals surface area (Å²) in [6.45, 7) is 0.441. The van der Waals surface area contributed by atoms with Gasteiger partial charge < -0.3 is 0 Å². The van der Waals surface area contributed by atoms with E-state index in [2.05, 4.69) is 4.99 Å². The molecule has 0 fully saturated rings. The van der Waals surface area contributed by atoms with Crippen LogP contribution in [0.25, 0.3) is 0 Å². The summed E-state index contributed by atoms with van der Waals surface area (Å²) in [4.78, 5) is 28.9. The van der Waals surface area contributed by atoms with Gasteiger partial charge in [-0.05, 0) is 17.7 Å². The Morgan fingerprint density at radius 2 is 1.95 bits per heavy atom. The molecule has 21 heavy (non-hydrogen) atoms. The Morgan fingerprint density at radius 1 is 1.14 bits per heavy atom. The minimum atomic E-state index is -0.499. The number of hydrogen-bond acceptors (Lipinski definition) is 4. The minimum absolute atomic E-state index is 0.0833. The predicted octanol–water partition coefficient (Wildman–Crippen LogP) is 2.64. The average Bonchev–Trinajstić information content (AvgIpc) is 2.77. The molecule has 0 bridgehead atoms. The summed E-state index contributed by atoms with van der Waals surface area (Å²) in [7, 11) is 0. The fraction of sp³-hybridized carbons (Fsp3) is 0.0667. The molecule has 1 amide bonds. The van der Waals surface area contributed by atoms with E-state index in [1.165, 1.54) is 12.1 Å². The van der Waals surface area contributed by atoms with Gasteiger partial charge in [0.2, 0.25) is 0 Å². The van der Waals surface area contributed by atoms with Crippen LogP contribution < -0.4 is 0 Å². The first kappa shape index (κ1) is 11.8. The Kier molecular flexibility index (Phi) is 2.24. The van der Waals surface area contributed by atoms with Gasteiger partial charge in [0.15, 0.2) is 0 Å². The van der Waals surface area contributed by atoms with Gasteiger partial charge in [0.1, 0.15) is 5.84 Å². The number of nitro groups is 1. The largest absolute Gasteiger partial charge is 0.288 e. The first-order valence-corrected chi connectivity index (χ1v) is 6.42. The lowest BCUT2D eigenvalue weighted by molar-refractivity contribution is -0.384. The SMILES string of the molecule is O=C1c2cc([N+](=O)[O-])ccc2C2=Nc3ccccc3CN12. The second-order valence-electron chi connectivity index (χ2n) is 4.94. The van der Waals surface area contributed by atoms with Gasteiger partial charge in [0.05, 0.1) is 22.7 Å². The number of non-ortho nitro benzene ring substituents is 1. The third-order valence-corrected chi connectivity index (χ3v) is 3.73. The molecule has 2 aliphatic rings. The quantitative estimate of drug-likeness (QED) is 0.594. The second-order valence-corrected chi connectivity index (χ2v) is 4.94. The lowest BCUT2D eigenvalue weighted by atomic mass is 10.1. The summed E-state index contributed by atoms with van der Waals surface area (Å²) < 4.78 is 0. The van der Waals surface area contributed by atoms with Gasteiger partial charge in [-0.25, -0.2) is 4.99 Å². The molecule has 2 heterocycles. The molecule has 0 saturated carbocycles. The Morgan fingerprint density at radius 3 is 2.76 bits per heavy atom. The van der Waals surface area contributed by atoms with Crippen molar-refractivity contribution in [1.29, 1.82) is 0 Å². The number of para-hydroxylation sites is 1. The maximum atomic E-state index is 12.4. The van der Waals surface area contributed by atoms with Crippen molar-refractivity contribution < 1.29 is 9.72 Å². The molecule has 6 nitrogen and oxygen atoms in total. The number of amidine groups is 1. The number of hydrogen-bond donors (Lipinski definition) is 0. The van der Waals surface area contributed by atoms with E-state index in [0.29, 0.717) is 23.5 Å². The van der Waals surface area contributed by atoms with Gasteiger partial charge in [0, 0.05) is 17.7 Å². The van der Waals surface area contributed by atoms with Crippen LogP contribution >= 0.6 is 0 Å². The average molecular weight is 279 g/mol. The number of nitrogens with zero attached hydrogens (tertiary/aromatic N) is 3. The first-order valence-electron chi connectivity index (χ1n) is 6.42. The third-order valence-electron chi connectivity index (χ3n) is 3.73. The molecule has 2 aliphatic heterocycles. The standard InChI is InChI=1S/C15H9N3O3/c19-15-12-7-10(18(20)21)5-6-11(12)14-16-13-4-2-1-3-9(13)8-17(14)15/h1-7H,8H2. The lowest BCUT2D eigenvalue weighted by Gasteiger charge is -2.23. The molecular weight excluding hydrogens is 270 g/mol. The number of nitro benzene ring substituents is 1. The molecule has 0 aromatic heterocycles. The number of carbonyl (C=O) groups is 1. The van der Waals surface area contributed by atoms with Crippen LogP contribution in [-0.2, 0) is 6.54 Å². The molecule has 0 spiro atoms. The highest BCUT2D eigenvalue weighted by molar-refractivity contribution is 6.24. The number of aliphatic imine (C=N–C) groups is 1. The maximum absolute atomic E-state index is 12.4. The Labute approximate surface area is 119 Å². The zero-order chi connectivity index (χ0) is 14.6. The zero-order valence-electron chi connectivity index (χ0n) is 10.8. The maximum Gasteiger partial charge on any atom is 0.270 e. The lowest BCUT2D eigenvalue weighted by Crippen LogP contribution is -2.31. The fourth-order valence-electron chi connectivity index (χ4n) is 2.71. The van der Waals surface area contributed by atoms with Crippen LogP contribution in [0.3, 0.4) is 0 Å². The zero-order valence-corrected chi connectivity index (χ0v) is 10.8. The van der Waals surface area contributed by atoms with Crippen LogP contribution in [0.5, 0.6) is 0 Å². The minimum Gasteiger partial charge on any atom is -0.288 e. The fourth-order valence-corrected chi connectivity index (χ4v) is 2.71. The molecule has 0 aliphatic carbocycles. The smallest absolute Gasteiger partial charge is 0.270 e. The summed E-state index contributed by atoms with van der Waals surface area (Å²) in [6.07, 6.45) is 0. The summed E-state index contributed by atoms with van der Waals surface area (Å²) in [5, 5.41) is 10.9. The van der Waals surface area contributed by atoms with Crippen molar-refractivity contribution in [2.45, 2.75) is 6.54 Å². The van der Waals surface area contributed by atoms with E-state index in [9.17, 15) is 14.9 Å². The summed E-state index contributed by atoms with van der Waals surface area (Å²) in [5.74, 6) is 0.338. The van der Waals surface area contributed by atoms with Gasteiger partial charge in [-0.1, -0.05) is 18.2 Å². The molecule has 2 aromatic rings. The molecule has 0 saturated heterocycles. The van der Waals surface area contributed by atoms with Gasteiger partial charge in [0.25, 0.3) is 11.6 Å². The van der Waals surface area contributed by atoms with Gasteiger partial charge in [-0.3, -0.25) is 19.8 Å². The van der Waals surface area contributed by atoms with Crippen LogP contribution in [0.1, 0.15) is 21.5 Å². The van der Waals surface area contributed by atoms with E-state index < -0.39 is 4.92 Å². The molecular formula is C15H9N3O3. The highest BCUT2D eigenvalue weighted by Gasteiger charge is 2.37. The predicted molar refractivity (Wildman–Crippen MR) is 75.6 cm³/mol. The van der Waals surface area contributed by atoms with Crippen LogP contribution in [0, 0.1) is 10.1 Å². The van der Waals surface area contributed by atoms with Crippen molar-refractivity contribution in [1.82, 2.24) is 4.90 Å². The number of fused-ring (bicyclic) bond motifs is 4. The van der Waals surface area contributed by atoms with E-state index >= 15 is 0 Å². The highest BCUT2D eigenvalue weighted by atomic mass is 16.6. The van der Waals surface area contributed by atoms with E-state index in [-0.39, 0.29) is 11.6 Å². The van der Waals surface area contributed by atoms with Crippen LogP contribution in [-0.4, -0.2) is 21.6 Å². The summed E-state index contributed by atoms with van der Waals surface area (Å²) >= 11 is 0. The van der Waals surface area contributed by atoms with Crippen molar-refractivity contribution in [3.05, 3.63) is 69.3 Å². The third kappa shape index (κ3) is 1.59. The van der Waals surface area contributed by atoms with E-state index in [0.717, 1.165) is 11.3 Å². The molecule has 4 rings (SSSR count). The number of rotatable bonds is 1. The van der Waals surface area contributed by atoms with E-state index in [1.54, 1.807) is 11.0 Å². The number of carbonyl (C=O) groups excluding carboxylic acids is 1. The van der Waals surface area contributed by atoms with Gasteiger partial charge >= 0.3 is 0 Å².